The van der Waals surface area contributed by atoms with Gasteiger partial charge in [-0.1, -0.05) is 25.0 Å². The highest BCUT2D eigenvalue weighted by Crippen LogP contribution is 2.18. The van der Waals surface area contributed by atoms with Gasteiger partial charge in [0.1, 0.15) is 5.52 Å². The van der Waals surface area contributed by atoms with Gasteiger partial charge in [0.05, 0.1) is 0 Å². The molecule has 1 saturated carbocycles. The zero-order valence-electron chi connectivity index (χ0n) is 10.6. The molecule has 1 N–H and O–H groups in total. The minimum Gasteiger partial charge on any atom is -0.437 e. The molecule has 1 aromatic carbocycles. The molecule has 0 radical (unpaired) electrons. The molecule has 1 aromatic heterocycles. The van der Waals surface area contributed by atoms with Crippen molar-refractivity contribution >= 4 is 23.1 Å². The fourth-order valence-corrected chi connectivity index (χ4v) is 2.43. The number of para-hydroxylation sites is 2. The first-order chi connectivity index (χ1) is 9.31. The van der Waals surface area contributed by atoms with Crippen LogP contribution in [0.5, 0.6) is 0 Å². The quantitative estimate of drug-likeness (QED) is 0.859. The van der Waals surface area contributed by atoms with Gasteiger partial charge in [-0.3, -0.25) is 4.79 Å². The lowest BCUT2D eigenvalue weighted by Gasteiger charge is -2.08. The van der Waals surface area contributed by atoms with Gasteiger partial charge in [-0.15, -0.1) is 0 Å². The Morgan fingerprint density at radius 1 is 1.32 bits per heavy atom. The smallest absolute Gasteiger partial charge is 0.244 e. The van der Waals surface area contributed by atoms with Crippen LogP contribution in [0.1, 0.15) is 31.6 Å². The Kier molecular flexibility index (Phi) is 3.31. The van der Waals surface area contributed by atoms with E-state index in [1.807, 2.05) is 24.3 Å². The fourth-order valence-electron chi connectivity index (χ4n) is 2.43. The number of carbonyl (C=O) groups is 1. The number of benzene rings is 1. The third kappa shape index (κ3) is 2.84. The molecule has 0 unspecified atom stereocenters. The summed E-state index contributed by atoms with van der Waals surface area (Å²) in [5.74, 6) is 0.386. The van der Waals surface area contributed by atoms with Crippen molar-refractivity contribution in [2.24, 2.45) is 0 Å². The van der Waals surface area contributed by atoms with Crippen LogP contribution in [0.3, 0.4) is 0 Å². The van der Waals surface area contributed by atoms with E-state index in [4.69, 9.17) is 4.42 Å². The van der Waals surface area contributed by atoms with Crippen molar-refractivity contribution < 1.29 is 9.21 Å². The summed E-state index contributed by atoms with van der Waals surface area (Å²) < 4.78 is 5.51. The highest BCUT2D eigenvalue weighted by Gasteiger charge is 2.15. The first-order valence-corrected chi connectivity index (χ1v) is 6.65. The minimum atomic E-state index is -0.0749. The van der Waals surface area contributed by atoms with E-state index in [0.29, 0.717) is 11.9 Å². The van der Waals surface area contributed by atoms with Crippen LogP contribution in [-0.4, -0.2) is 16.9 Å². The Hall–Kier alpha value is -2.10. The zero-order chi connectivity index (χ0) is 13.1. The number of amides is 1. The second kappa shape index (κ2) is 5.26. The lowest BCUT2D eigenvalue weighted by molar-refractivity contribution is -0.117. The molecule has 98 valence electrons. The third-order valence-electron chi connectivity index (χ3n) is 3.39. The molecule has 4 heteroatoms. The highest BCUT2D eigenvalue weighted by atomic mass is 16.3. The van der Waals surface area contributed by atoms with Crippen molar-refractivity contribution in [3.05, 3.63) is 36.2 Å². The lowest BCUT2D eigenvalue weighted by Crippen LogP contribution is -2.30. The molecule has 19 heavy (non-hydrogen) atoms. The summed E-state index contributed by atoms with van der Waals surface area (Å²) in [6.45, 7) is 0. The highest BCUT2D eigenvalue weighted by molar-refractivity contribution is 5.91. The van der Waals surface area contributed by atoms with E-state index >= 15 is 0 Å². The van der Waals surface area contributed by atoms with Gasteiger partial charge < -0.3 is 9.73 Å². The summed E-state index contributed by atoms with van der Waals surface area (Å²) in [5, 5.41) is 2.99. The second-order valence-electron chi connectivity index (χ2n) is 4.84. The van der Waals surface area contributed by atoms with Gasteiger partial charge in [0, 0.05) is 18.2 Å². The average Bonchev–Trinajstić information content (AvgIpc) is 3.04. The number of carbonyl (C=O) groups excluding carboxylic acids is 1. The first-order valence-electron chi connectivity index (χ1n) is 6.65. The number of nitrogens with one attached hydrogen (secondary N) is 1. The molecule has 1 aliphatic carbocycles. The van der Waals surface area contributed by atoms with Crippen LogP contribution in [0.4, 0.5) is 0 Å². The van der Waals surface area contributed by atoms with E-state index in [2.05, 4.69) is 10.3 Å². The molecule has 0 atom stereocenters. The monoisotopic (exact) mass is 256 g/mol. The van der Waals surface area contributed by atoms with Crippen molar-refractivity contribution in [1.82, 2.24) is 10.3 Å². The summed E-state index contributed by atoms with van der Waals surface area (Å²) in [4.78, 5) is 16.0. The average molecular weight is 256 g/mol. The third-order valence-corrected chi connectivity index (χ3v) is 3.39. The number of oxazole rings is 1. The largest absolute Gasteiger partial charge is 0.437 e. The summed E-state index contributed by atoms with van der Waals surface area (Å²) in [6, 6.07) is 7.88. The zero-order valence-corrected chi connectivity index (χ0v) is 10.6. The topological polar surface area (TPSA) is 55.1 Å². The summed E-state index contributed by atoms with van der Waals surface area (Å²) >= 11 is 0. The van der Waals surface area contributed by atoms with Gasteiger partial charge in [-0.05, 0) is 25.0 Å². The molecule has 0 aliphatic heterocycles. The molecule has 3 rings (SSSR count). The van der Waals surface area contributed by atoms with Crippen LogP contribution < -0.4 is 5.32 Å². The van der Waals surface area contributed by atoms with E-state index in [0.717, 1.165) is 23.9 Å². The molecule has 0 saturated heterocycles. The standard InChI is InChI=1S/C15H16N2O2/c18-14(16-11-5-1-2-6-11)9-10-15-17-12-7-3-4-8-13(12)19-15/h3-4,7-11H,1-2,5-6H2,(H,16,18). The molecule has 1 fully saturated rings. The SMILES string of the molecule is O=C(C=Cc1nc2ccccc2o1)NC1CCCC1. The number of rotatable bonds is 3. The number of aromatic nitrogens is 1. The molecule has 0 bridgehead atoms. The van der Waals surface area contributed by atoms with Crippen molar-refractivity contribution in [2.45, 2.75) is 31.7 Å². The predicted molar refractivity (Wildman–Crippen MR) is 73.4 cm³/mol. The van der Waals surface area contributed by atoms with Crippen LogP contribution in [0.15, 0.2) is 34.8 Å². The van der Waals surface area contributed by atoms with Crippen LogP contribution in [0, 0.1) is 0 Å². The molecule has 1 heterocycles. The van der Waals surface area contributed by atoms with Crippen LogP contribution >= 0.6 is 0 Å². The lowest BCUT2D eigenvalue weighted by atomic mass is 10.2. The fraction of sp³-hybridized carbons (Fsp3) is 0.333. The Morgan fingerprint density at radius 3 is 2.89 bits per heavy atom. The van der Waals surface area contributed by atoms with Gasteiger partial charge in [0.25, 0.3) is 0 Å². The van der Waals surface area contributed by atoms with Crippen molar-refractivity contribution in [2.75, 3.05) is 0 Å². The van der Waals surface area contributed by atoms with E-state index in [-0.39, 0.29) is 5.91 Å². The Labute approximate surface area is 111 Å². The van der Waals surface area contributed by atoms with Gasteiger partial charge in [0.2, 0.25) is 11.8 Å². The van der Waals surface area contributed by atoms with E-state index in [1.165, 1.54) is 18.9 Å². The maximum Gasteiger partial charge on any atom is 0.244 e. The maximum atomic E-state index is 11.7. The van der Waals surface area contributed by atoms with Gasteiger partial charge in [0.15, 0.2) is 5.58 Å². The van der Waals surface area contributed by atoms with Crippen LogP contribution in [-0.2, 0) is 4.79 Å². The molecule has 4 nitrogen and oxygen atoms in total. The van der Waals surface area contributed by atoms with Crippen LogP contribution in [0.2, 0.25) is 0 Å². The molecule has 2 aromatic rings. The van der Waals surface area contributed by atoms with E-state index < -0.39 is 0 Å². The second-order valence-corrected chi connectivity index (χ2v) is 4.84. The summed E-state index contributed by atoms with van der Waals surface area (Å²) in [5.41, 5.74) is 1.54. The number of hydrogen-bond donors (Lipinski definition) is 1. The summed E-state index contributed by atoms with van der Waals surface area (Å²) in [7, 11) is 0. The normalized spacial score (nSPS) is 16.4. The van der Waals surface area contributed by atoms with Crippen molar-refractivity contribution in [3.63, 3.8) is 0 Å². The van der Waals surface area contributed by atoms with E-state index in [1.54, 1.807) is 6.08 Å². The molecular formula is C15H16N2O2. The number of hydrogen-bond acceptors (Lipinski definition) is 3. The van der Waals surface area contributed by atoms with E-state index in [9.17, 15) is 4.79 Å². The van der Waals surface area contributed by atoms with Crippen molar-refractivity contribution in [3.8, 4) is 0 Å². The maximum absolute atomic E-state index is 11.7. The predicted octanol–water partition coefficient (Wildman–Crippen LogP) is 2.90. The minimum absolute atomic E-state index is 0.0749. The molecule has 1 aliphatic rings. The Bertz CT molecular complexity index is 576. The number of nitrogens with zero attached hydrogens (tertiary/aromatic N) is 1. The Morgan fingerprint density at radius 2 is 2.11 bits per heavy atom. The van der Waals surface area contributed by atoms with Gasteiger partial charge >= 0.3 is 0 Å². The Balaban J connectivity index is 1.66. The van der Waals surface area contributed by atoms with Gasteiger partial charge in [-0.25, -0.2) is 4.98 Å². The van der Waals surface area contributed by atoms with Crippen LogP contribution in [0.25, 0.3) is 17.2 Å². The summed E-state index contributed by atoms with van der Waals surface area (Å²) in [6.07, 6.45) is 7.69. The molecular weight excluding hydrogens is 240 g/mol. The number of fused-ring (bicyclic) bond motifs is 1. The first kappa shape index (κ1) is 12.0. The van der Waals surface area contributed by atoms with Crippen molar-refractivity contribution in [1.29, 1.82) is 0 Å². The molecule has 0 spiro atoms. The van der Waals surface area contributed by atoms with Gasteiger partial charge in [-0.2, -0.15) is 0 Å². The molecule has 1 amide bonds.